The lowest BCUT2D eigenvalue weighted by atomic mass is 10.1. The summed E-state index contributed by atoms with van der Waals surface area (Å²) in [6.45, 7) is 5.60. The van der Waals surface area contributed by atoms with Gasteiger partial charge in [-0.05, 0) is 31.2 Å². The van der Waals surface area contributed by atoms with Crippen molar-refractivity contribution < 1.29 is 9.59 Å². The topological polar surface area (TPSA) is 61.4 Å². The summed E-state index contributed by atoms with van der Waals surface area (Å²) in [6.07, 6.45) is 0. The van der Waals surface area contributed by atoms with E-state index in [9.17, 15) is 9.59 Å². The van der Waals surface area contributed by atoms with Crippen molar-refractivity contribution in [3.05, 3.63) is 29.8 Å². The molecular formula is C14H19N3O2. The summed E-state index contributed by atoms with van der Waals surface area (Å²) in [5.41, 5.74) is 1.38. The standard InChI is InChI=1S/C14H19N3O2/c1-11(18)12-2-4-13(5-3-12)16-14(19)10-17-8-6-15-7-9-17/h2-5,15H,6-10H2,1H3,(H,16,19). The smallest absolute Gasteiger partial charge is 0.238 e. The Morgan fingerprint density at radius 1 is 1.21 bits per heavy atom. The van der Waals surface area contributed by atoms with Crippen LogP contribution in [-0.2, 0) is 4.79 Å². The van der Waals surface area contributed by atoms with Crippen molar-refractivity contribution in [3.63, 3.8) is 0 Å². The number of nitrogens with zero attached hydrogens (tertiary/aromatic N) is 1. The molecule has 1 aliphatic heterocycles. The number of carbonyl (C=O) groups is 2. The van der Waals surface area contributed by atoms with Crippen LogP contribution in [0.4, 0.5) is 5.69 Å². The van der Waals surface area contributed by atoms with Crippen molar-refractivity contribution in [1.82, 2.24) is 10.2 Å². The molecule has 0 atom stereocenters. The van der Waals surface area contributed by atoms with Crippen molar-refractivity contribution in [2.75, 3.05) is 38.0 Å². The second kappa shape index (κ2) is 6.45. The highest BCUT2D eigenvalue weighted by Gasteiger charge is 2.13. The van der Waals surface area contributed by atoms with E-state index in [4.69, 9.17) is 0 Å². The molecule has 5 heteroatoms. The van der Waals surface area contributed by atoms with E-state index < -0.39 is 0 Å². The maximum Gasteiger partial charge on any atom is 0.238 e. The fourth-order valence-electron chi connectivity index (χ4n) is 2.06. The van der Waals surface area contributed by atoms with Crippen molar-refractivity contribution in [2.45, 2.75) is 6.92 Å². The molecule has 0 unspecified atom stereocenters. The van der Waals surface area contributed by atoms with E-state index in [1.54, 1.807) is 24.3 Å². The number of ketones is 1. The molecule has 102 valence electrons. The molecule has 1 aromatic rings. The van der Waals surface area contributed by atoms with Gasteiger partial charge >= 0.3 is 0 Å². The van der Waals surface area contributed by atoms with Gasteiger partial charge in [-0.15, -0.1) is 0 Å². The number of rotatable bonds is 4. The lowest BCUT2D eigenvalue weighted by molar-refractivity contribution is -0.117. The minimum absolute atomic E-state index is 0.0162. The van der Waals surface area contributed by atoms with Gasteiger partial charge in [-0.2, -0.15) is 0 Å². The van der Waals surface area contributed by atoms with Gasteiger partial charge < -0.3 is 10.6 Å². The number of benzene rings is 1. The van der Waals surface area contributed by atoms with Gasteiger partial charge in [-0.3, -0.25) is 14.5 Å². The van der Waals surface area contributed by atoms with Crippen LogP contribution in [0.5, 0.6) is 0 Å². The first-order chi connectivity index (χ1) is 9.15. The van der Waals surface area contributed by atoms with Crippen LogP contribution in [0.1, 0.15) is 17.3 Å². The van der Waals surface area contributed by atoms with E-state index in [2.05, 4.69) is 15.5 Å². The minimum atomic E-state index is -0.0162. The van der Waals surface area contributed by atoms with Crippen LogP contribution in [-0.4, -0.2) is 49.3 Å². The van der Waals surface area contributed by atoms with E-state index in [-0.39, 0.29) is 11.7 Å². The Bertz CT molecular complexity index is 450. The molecule has 1 aromatic carbocycles. The molecular weight excluding hydrogens is 242 g/mol. The van der Waals surface area contributed by atoms with Gasteiger partial charge in [0.05, 0.1) is 6.54 Å². The summed E-state index contributed by atoms with van der Waals surface area (Å²) in [6, 6.07) is 6.96. The zero-order valence-corrected chi connectivity index (χ0v) is 11.1. The van der Waals surface area contributed by atoms with E-state index >= 15 is 0 Å². The highest BCUT2D eigenvalue weighted by Crippen LogP contribution is 2.10. The summed E-state index contributed by atoms with van der Waals surface area (Å²) in [5.74, 6) is 0.0103. The molecule has 0 aromatic heterocycles. The van der Waals surface area contributed by atoms with Gasteiger partial charge in [0.1, 0.15) is 0 Å². The fraction of sp³-hybridized carbons (Fsp3) is 0.429. The van der Waals surface area contributed by atoms with Crippen LogP contribution >= 0.6 is 0 Å². The normalized spacial score (nSPS) is 16.1. The van der Waals surface area contributed by atoms with Crippen LogP contribution in [0, 0.1) is 0 Å². The lowest BCUT2D eigenvalue weighted by Gasteiger charge is -2.26. The maximum atomic E-state index is 11.9. The Morgan fingerprint density at radius 3 is 2.42 bits per heavy atom. The third-order valence-corrected chi connectivity index (χ3v) is 3.15. The number of nitrogens with one attached hydrogen (secondary N) is 2. The average Bonchev–Trinajstić information content (AvgIpc) is 2.40. The van der Waals surface area contributed by atoms with Crippen molar-refractivity contribution in [3.8, 4) is 0 Å². The van der Waals surface area contributed by atoms with Crippen LogP contribution in [0.2, 0.25) is 0 Å². The van der Waals surface area contributed by atoms with Crippen LogP contribution in [0.3, 0.4) is 0 Å². The van der Waals surface area contributed by atoms with E-state index in [1.165, 1.54) is 6.92 Å². The first-order valence-electron chi connectivity index (χ1n) is 6.49. The monoisotopic (exact) mass is 261 g/mol. The van der Waals surface area contributed by atoms with Crippen molar-refractivity contribution in [1.29, 1.82) is 0 Å². The predicted octanol–water partition coefficient (Wildman–Crippen LogP) is 0.733. The summed E-state index contributed by atoms with van der Waals surface area (Å²) in [5, 5.41) is 6.09. The highest BCUT2D eigenvalue weighted by molar-refractivity contribution is 5.96. The second-order valence-corrected chi connectivity index (χ2v) is 4.71. The molecule has 0 saturated carbocycles. The summed E-state index contributed by atoms with van der Waals surface area (Å²) in [4.78, 5) is 25.1. The molecule has 1 aliphatic rings. The van der Waals surface area contributed by atoms with E-state index in [1.807, 2.05) is 0 Å². The summed E-state index contributed by atoms with van der Waals surface area (Å²) < 4.78 is 0. The SMILES string of the molecule is CC(=O)c1ccc(NC(=O)CN2CCNCC2)cc1. The molecule has 1 amide bonds. The van der Waals surface area contributed by atoms with E-state index in [0.717, 1.165) is 31.9 Å². The molecule has 0 radical (unpaired) electrons. The van der Waals surface area contributed by atoms with Gasteiger partial charge in [0.25, 0.3) is 0 Å². The Kier molecular flexibility index (Phi) is 4.65. The van der Waals surface area contributed by atoms with Crippen LogP contribution in [0.15, 0.2) is 24.3 Å². The third-order valence-electron chi connectivity index (χ3n) is 3.15. The summed E-state index contributed by atoms with van der Waals surface area (Å²) in [7, 11) is 0. The van der Waals surface area contributed by atoms with Gasteiger partial charge in [-0.1, -0.05) is 0 Å². The highest BCUT2D eigenvalue weighted by atomic mass is 16.2. The number of carbonyl (C=O) groups excluding carboxylic acids is 2. The molecule has 1 saturated heterocycles. The minimum Gasteiger partial charge on any atom is -0.325 e. The largest absolute Gasteiger partial charge is 0.325 e. The van der Waals surface area contributed by atoms with Gasteiger partial charge in [0.2, 0.25) is 5.91 Å². The number of piperazine rings is 1. The molecule has 2 rings (SSSR count). The van der Waals surface area contributed by atoms with Crippen molar-refractivity contribution in [2.24, 2.45) is 0 Å². The molecule has 5 nitrogen and oxygen atoms in total. The van der Waals surface area contributed by atoms with Crippen LogP contribution < -0.4 is 10.6 Å². The quantitative estimate of drug-likeness (QED) is 0.785. The molecule has 1 heterocycles. The molecule has 1 fully saturated rings. The Morgan fingerprint density at radius 2 is 1.84 bits per heavy atom. The molecule has 2 N–H and O–H groups in total. The number of amides is 1. The number of hydrogen-bond acceptors (Lipinski definition) is 4. The molecule has 0 spiro atoms. The number of Topliss-reactive ketones (excluding diaryl/α,β-unsaturated/α-hetero) is 1. The zero-order valence-electron chi connectivity index (χ0n) is 11.1. The molecule has 0 bridgehead atoms. The van der Waals surface area contributed by atoms with Gasteiger partial charge in [0.15, 0.2) is 5.78 Å². The first-order valence-corrected chi connectivity index (χ1v) is 6.49. The second-order valence-electron chi connectivity index (χ2n) is 4.71. The summed E-state index contributed by atoms with van der Waals surface area (Å²) >= 11 is 0. The Balaban J connectivity index is 1.85. The Labute approximate surface area is 113 Å². The Hall–Kier alpha value is -1.72. The van der Waals surface area contributed by atoms with Crippen LogP contribution in [0.25, 0.3) is 0 Å². The van der Waals surface area contributed by atoms with Crippen molar-refractivity contribution >= 4 is 17.4 Å². The zero-order chi connectivity index (χ0) is 13.7. The van der Waals surface area contributed by atoms with Gasteiger partial charge in [-0.25, -0.2) is 0 Å². The first kappa shape index (κ1) is 13.7. The number of anilines is 1. The third kappa shape index (κ3) is 4.15. The predicted molar refractivity (Wildman–Crippen MR) is 74.4 cm³/mol. The number of hydrogen-bond donors (Lipinski definition) is 2. The maximum absolute atomic E-state index is 11.9. The molecule has 19 heavy (non-hydrogen) atoms. The van der Waals surface area contributed by atoms with Gasteiger partial charge in [0, 0.05) is 37.4 Å². The fourth-order valence-corrected chi connectivity index (χ4v) is 2.06. The average molecular weight is 261 g/mol. The van der Waals surface area contributed by atoms with E-state index in [0.29, 0.717) is 12.1 Å². The lowest BCUT2D eigenvalue weighted by Crippen LogP contribution is -2.46. The molecule has 0 aliphatic carbocycles.